The minimum atomic E-state index is -0.454. The van der Waals surface area contributed by atoms with E-state index >= 15 is 0 Å². The number of nitriles is 1. The van der Waals surface area contributed by atoms with Gasteiger partial charge in [0.1, 0.15) is 18.4 Å². The number of carbonyl (C=O) groups is 2. The molecule has 4 aromatic rings. The fourth-order valence-corrected chi connectivity index (χ4v) is 5.75. The van der Waals surface area contributed by atoms with E-state index in [-0.39, 0.29) is 18.4 Å². The van der Waals surface area contributed by atoms with Gasteiger partial charge < -0.3 is 24.8 Å². The topological polar surface area (TPSA) is 135 Å². The van der Waals surface area contributed by atoms with Crippen molar-refractivity contribution in [3.63, 3.8) is 0 Å². The average Bonchev–Trinajstić information content (AvgIpc) is 3.05. The highest BCUT2D eigenvalue weighted by Gasteiger charge is 2.20. The lowest BCUT2D eigenvalue weighted by Gasteiger charge is -2.27. The first kappa shape index (κ1) is 30.7. The molecule has 0 saturated carbocycles. The van der Waals surface area contributed by atoms with Crippen LogP contribution in [-0.2, 0) is 40.1 Å². The van der Waals surface area contributed by atoms with Crippen LogP contribution in [0.4, 0.5) is 11.4 Å². The molecule has 2 aromatic heterocycles. The molecule has 6 rings (SSSR count). The van der Waals surface area contributed by atoms with Crippen LogP contribution in [0, 0.1) is 18.3 Å². The Morgan fingerprint density at radius 1 is 1.04 bits per heavy atom. The predicted molar refractivity (Wildman–Crippen MR) is 173 cm³/mol. The Morgan fingerprint density at radius 3 is 2.70 bits per heavy atom. The number of rotatable bonds is 7. The van der Waals surface area contributed by atoms with Crippen LogP contribution in [-0.4, -0.2) is 48.2 Å². The van der Waals surface area contributed by atoms with E-state index in [2.05, 4.69) is 33.8 Å². The maximum Gasteiger partial charge on any atom is 0.337 e. The SMILES string of the molecule is COC(=O)c1ccc(NC(=O)Cc2cc(C)c3cc2CCCc2nc(C#N)ccc2COc2cccc-3n2)c(NCC2CCO2)c1. The molecule has 1 fully saturated rings. The van der Waals surface area contributed by atoms with E-state index in [1.54, 1.807) is 24.3 Å². The van der Waals surface area contributed by atoms with Gasteiger partial charge >= 0.3 is 5.97 Å². The summed E-state index contributed by atoms with van der Waals surface area (Å²) in [5.74, 6) is -0.133. The number of hydrogen-bond acceptors (Lipinski definition) is 9. The average molecular weight is 618 g/mol. The minimum Gasteiger partial charge on any atom is -0.473 e. The number of aromatic nitrogens is 2. The van der Waals surface area contributed by atoms with E-state index in [0.717, 1.165) is 58.7 Å². The highest BCUT2D eigenvalue weighted by atomic mass is 16.5. The summed E-state index contributed by atoms with van der Waals surface area (Å²) in [4.78, 5) is 35.1. The van der Waals surface area contributed by atoms with Crippen molar-refractivity contribution in [1.29, 1.82) is 5.26 Å². The molecule has 0 spiro atoms. The third-order valence-corrected chi connectivity index (χ3v) is 8.34. The lowest BCUT2D eigenvalue weighted by molar-refractivity contribution is -0.115. The van der Waals surface area contributed by atoms with E-state index in [9.17, 15) is 14.9 Å². The monoisotopic (exact) mass is 617 g/mol. The zero-order valence-electron chi connectivity index (χ0n) is 25.9. The van der Waals surface area contributed by atoms with Gasteiger partial charge in [0, 0.05) is 36.0 Å². The fourth-order valence-electron chi connectivity index (χ4n) is 5.75. The molecular weight excluding hydrogens is 582 g/mol. The van der Waals surface area contributed by atoms with Gasteiger partial charge in [-0.25, -0.2) is 14.8 Å². The predicted octanol–water partition coefficient (Wildman–Crippen LogP) is 5.56. The molecule has 10 nitrogen and oxygen atoms in total. The Bertz CT molecular complexity index is 1830. The molecule has 10 heteroatoms. The number of methoxy groups -OCH3 is 1. The van der Waals surface area contributed by atoms with Crippen LogP contribution in [0.25, 0.3) is 11.3 Å². The minimum absolute atomic E-state index is 0.0921. The van der Waals surface area contributed by atoms with E-state index in [0.29, 0.717) is 54.5 Å². The zero-order chi connectivity index (χ0) is 32.0. The van der Waals surface area contributed by atoms with Gasteiger partial charge in [-0.2, -0.15) is 5.26 Å². The first-order chi connectivity index (χ1) is 22.4. The molecule has 2 aliphatic rings. The fraction of sp³-hybridized carbons (Fsp3) is 0.306. The molecule has 1 amide bonds. The van der Waals surface area contributed by atoms with Gasteiger partial charge in [-0.05, 0) is 85.7 Å². The number of esters is 1. The van der Waals surface area contributed by atoms with Crippen molar-refractivity contribution in [3.05, 3.63) is 99.9 Å². The lowest BCUT2D eigenvalue weighted by Crippen LogP contribution is -2.33. The molecule has 234 valence electrons. The Labute approximate surface area is 267 Å². The number of carbonyl (C=O) groups excluding carboxylic acids is 2. The highest BCUT2D eigenvalue weighted by Crippen LogP contribution is 2.30. The number of ether oxygens (including phenoxy) is 3. The van der Waals surface area contributed by atoms with Crippen molar-refractivity contribution in [2.24, 2.45) is 0 Å². The van der Waals surface area contributed by atoms with Crippen LogP contribution in [0.3, 0.4) is 0 Å². The summed E-state index contributed by atoms with van der Waals surface area (Å²) in [5, 5.41) is 15.8. The molecule has 1 atom stereocenters. The summed E-state index contributed by atoms with van der Waals surface area (Å²) in [6, 6.07) is 20.7. The van der Waals surface area contributed by atoms with Crippen LogP contribution >= 0.6 is 0 Å². The second-order valence-electron chi connectivity index (χ2n) is 11.5. The molecule has 46 heavy (non-hydrogen) atoms. The maximum atomic E-state index is 13.6. The number of anilines is 2. The van der Waals surface area contributed by atoms with Gasteiger partial charge in [0.25, 0.3) is 0 Å². The van der Waals surface area contributed by atoms with Crippen LogP contribution < -0.4 is 15.4 Å². The van der Waals surface area contributed by atoms with Crippen LogP contribution in [0.15, 0.2) is 60.7 Å². The molecule has 2 N–H and O–H groups in total. The highest BCUT2D eigenvalue weighted by molar-refractivity contribution is 5.98. The normalized spacial score (nSPS) is 15.3. The summed E-state index contributed by atoms with van der Waals surface area (Å²) < 4.78 is 16.5. The maximum absolute atomic E-state index is 13.6. The number of nitrogens with one attached hydrogen (secondary N) is 2. The van der Waals surface area contributed by atoms with Crippen LogP contribution in [0.5, 0.6) is 5.88 Å². The summed E-state index contributed by atoms with van der Waals surface area (Å²) in [6.45, 7) is 3.62. The second-order valence-corrected chi connectivity index (χ2v) is 11.5. The summed E-state index contributed by atoms with van der Waals surface area (Å²) in [7, 11) is 1.34. The van der Waals surface area contributed by atoms with Gasteiger partial charge in [0.15, 0.2) is 0 Å². The standard InChI is InChI=1S/C36H35N5O5/c1-22-15-26(18-34(42)40-32-12-10-24(36(43)44-2)17-33(32)38-20-28-13-14-45-28)23-5-3-6-30-25(9-11-27(19-37)39-30)21-46-35-8-4-7-31(41-35)29(22)16-23/h4,7-12,15-17,28,38H,3,5-6,13-14,18,20-21H2,1-2H3,(H,40,42). The van der Waals surface area contributed by atoms with E-state index < -0.39 is 5.97 Å². The largest absolute Gasteiger partial charge is 0.473 e. The molecule has 1 saturated heterocycles. The molecular formula is C36H35N5O5. The van der Waals surface area contributed by atoms with Gasteiger partial charge in [-0.15, -0.1) is 0 Å². The molecule has 4 heterocycles. The second kappa shape index (κ2) is 13.8. The molecule has 1 unspecified atom stereocenters. The number of fused-ring (bicyclic) bond motifs is 6. The Morgan fingerprint density at radius 2 is 1.91 bits per heavy atom. The Kier molecular flexibility index (Phi) is 9.22. The number of amides is 1. The van der Waals surface area contributed by atoms with Crippen molar-refractivity contribution in [2.45, 2.75) is 51.7 Å². The van der Waals surface area contributed by atoms with Crippen molar-refractivity contribution >= 4 is 23.3 Å². The number of benzene rings is 2. The van der Waals surface area contributed by atoms with Crippen molar-refractivity contribution in [2.75, 3.05) is 30.9 Å². The van der Waals surface area contributed by atoms with Crippen molar-refractivity contribution in [3.8, 4) is 23.2 Å². The Balaban J connectivity index is 1.28. The summed E-state index contributed by atoms with van der Waals surface area (Å²) in [5.41, 5.74) is 8.43. The molecule has 0 aliphatic carbocycles. The number of aryl methyl sites for hydroxylation is 3. The van der Waals surface area contributed by atoms with E-state index in [4.69, 9.17) is 19.2 Å². The first-order valence-electron chi connectivity index (χ1n) is 15.4. The molecule has 2 aromatic carbocycles. The lowest BCUT2D eigenvalue weighted by atomic mass is 9.92. The summed E-state index contributed by atoms with van der Waals surface area (Å²) >= 11 is 0. The zero-order valence-corrected chi connectivity index (χ0v) is 25.9. The quantitative estimate of drug-likeness (QED) is 0.256. The molecule has 2 aliphatic heterocycles. The van der Waals surface area contributed by atoms with Gasteiger partial charge in [0.05, 0.1) is 42.3 Å². The van der Waals surface area contributed by atoms with Gasteiger partial charge in [-0.3, -0.25) is 4.79 Å². The van der Waals surface area contributed by atoms with Gasteiger partial charge in [0.2, 0.25) is 11.8 Å². The van der Waals surface area contributed by atoms with Crippen LogP contribution in [0.1, 0.15) is 56.8 Å². The van der Waals surface area contributed by atoms with Crippen LogP contribution in [0.2, 0.25) is 0 Å². The first-order valence-corrected chi connectivity index (χ1v) is 15.4. The smallest absolute Gasteiger partial charge is 0.337 e. The molecule has 0 radical (unpaired) electrons. The number of hydrogen-bond donors (Lipinski definition) is 2. The molecule has 4 bridgehead atoms. The number of pyridine rings is 2. The third kappa shape index (κ3) is 7.00. The van der Waals surface area contributed by atoms with Crippen molar-refractivity contribution < 1.29 is 23.8 Å². The van der Waals surface area contributed by atoms with E-state index in [1.165, 1.54) is 7.11 Å². The van der Waals surface area contributed by atoms with Crippen molar-refractivity contribution in [1.82, 2.24) is 9.97 Å². The summed E-state index contributed by atoms with van der Waals surface area (Å²) in [6.07, 6.45) is 3.33. The third-order valence-electron chi connectivity index (χ3n) is 8.34. The van der Waals surface area contributed by atoms with Gasteiger partial charge in [-0.1, -0.05) is 18.2 Å². The Hall–Kier alpha value is -5.27. The number of nitrogens with zero attached hydrogens (tertiary/aromatic N) is 3. The van der Waals surface area contributed by atoms with E-state index in [1.807, 2.05) is 31.2 Å².